The van der Waals surface area contributed by atoms with Crippen LogP contribution in [-0.2, 0) is 6.42 Å². The lowest BCUT2D eigenvalue weighted by Gasteiger charge is -2.33. The molecule has 130 valence electrons. The van der Waals surface area contributed by atoms with Gasteiger partial charge in [-0.05, 0) is 73.2 Å². The molecule has 0 aliphatic carbocycles. The summed E-state index contributed by atoms with van der Waals surface area (Å²) in [5.74, 6) is 0.603. The first-order valence-corrected chi connectivity index (χ1v) is 10.1. The molecule has 0 radical (unpaired) electrons. The van der Waals surface area contributed by atoms with Crippen molar-refractivity contribution in [3.05, 3.63) is 51.5 Å². The zero-order valence-electron chi connectivity index (χ0n) is 14.2. The summed E-state index contributed by atoms with van der Waals surface area (Å²) in [5, 5.41) is 5.03. The van der Waals surface area contributed by atoms with Crippen LogP contribution in [0, 0.1) is 0 Å². The van der Waals surface area contributed by atoms with E-state index in [1.807, 2.05) is 12.1 Å². The molecule has 0 saturated carbocycles. The van der Waals surface area contributed by atoms with E-state index < -0.39 is 0 Å². The first kappa shape index (κ1) is 16.0. The van der Waals surface area contributed by atoms with Crippen LogP contribution in [0.4, 0.5) is 5.69 Å². The van der Waals surface area contributed by atoms with Gasteiger partial charge >= 0.3 is 0 Å². The summed E-state index contributed by atoms with van der Waals surface area (Å²) < 4.78 is 0. The van der Waals surface area contributed by atoms with E-state index in [0.717, 1.165) is 23.7 Å². The molecule has 3 heterocycles. The second kappa shape index (κ2) is 6.19. The predicted molar refractivity (Wildman–Crippen MR) is 106 cm³/mol. The molecule has 2 atom stereocenters. The Morgan fingerprint density at radius 1 is 1.08 bits per heavy atom. The lowest BCUT2D eigenvalue weighted by Crippen LogP contribution is -2.44. The summed E-state index contributed by atoms with van der Waals surface area (Å²) in [4.78, 5) is 2.72. The highest BCUT2D eigenvalue weighted by atomic mass is 35.5. The molecule has 2 aromatic rings. The van der Waals surface area contributed by atoms with Gasteiger partial charge in [0.25, 0.3) is 0 Å². The minimum absolute atomic E-state index is 0.603. The molecule has 25 heavy (non-hydrogen) atoms. The van der Waals surface area contributed by atoms with Gasteiger partial charge in [0.05, 0.1) is 0 Å². The maximum absolute atomic E-state index is 6.52. The van der Waals surface area contributed by atoms with Gasteiger partial charge in [-0.15, -0.1) is 0 Å². The summed E-state index contributed by atoms with van der Waals surface area (Å²) >= 11 is 12.6. The van der Waals surface area contributed by atoms with E-state index in [4.69, 9.17) is 23.2 Å². The molecule has 1 fully saturated rings. The number of nitrogens with zero attached hydrogens (tertiary/aromatic N) is 1. The second-order valence-corrected chi connectivity index (χ2v) is 8.36. The molecule has 0 aromatic heterocycles. The molecule has 4 heteroatoms. The minimum atomic E-state index is 0.603. The average molecular weight is 373 g/mol. The molecule has 0 bridgehead atoms. The molecule has 3 aliphatic rings. The highest BCUT2D eigenvalue weighted by molar-refractivity contribution is 6.36. The SMILES string of the molecule is Clc1ccc(-c2cc3c4c(c2)[C@@H]2CNCC[C@@H]2N4CCCC3)c(Cl)c1. The molecular weight excluding hydrogens is 351 g/mol. The molecule has 1 saturated heterocycles. The predicted octanol–water partition coefficient (Wildman–Crippen LogP) is 5.26. The van der Waals surface area contributed by atoms with Crippen LogP contribution in [0.3, 0.4) is 0 Å². The van der Waals surface area contributed by atoms with Gasteiger partial charge in [-0.3, -0.25) is 0 Å². The van der Waals surface area contributed by atoms with Crippen LogP contribution in [0.5, 0.6) is 0 Å². The van der Waals surface area contributed by atoms with Crippen molar-refractivity contribution in [3.63, 3.8) is 0 Å². The second-order valence-electron chi connectivity index (χ2n) is 7.51. The van der Waals surface area contributed by atoms with Gasteiger partial charge in [-0.2, -0.15) is 0 Å². The van der Waals surface area contributed by atoms with E-state index in [2.05, 4.69) is 28.4 Å². The van der Waals surface area contributed by atoms with Gasteiger partial charge in [0.2, 0.25) is 0 Å². The Balaban J connectivity index is 1.69. The van der Waals surface area contributed by atoms with Gasteiger partial charge in [0.1, 0.15) is 0 Å². The number of rotatable bonds is 1. The molecule has 2 aromatic carbocycles. The summed E-state index contributed by atoms with van der Waals surface area (Å²) in [5.41, 5.74) is 6.89. The Morgan fingerprint density at radius 3 is 2.88 bits per heavy atom. The molecule has 1 N–H and O–H groups in total. The number of nitrogens with one attached hydrogen (secondary N) is 1. The summed E-state index contributed by atoms with van der Waals surface area (Å²) in [6.07, 6.45) is 4.98. The summed E-state index contributed by atoms with van der Waals surface area (Å²) in [6, 6.07) is 11.3. The third kappa shape index (κ3) is 2.58. The number of halogens is 2. The monoisotopic (exact) mass is 372 g/mol. The molecule has 3 aliphatic heterocycles. The molecular formula is C21H22Cl2N2. The van der Waals surface area contributed by atoms with Gasteiger partial charge in [0.15, 0.2) is 0 Å². The van der Waals surface area contributed by atoms with Crippen molar-refractivity contribution in [2.75, 3.05) is 24.5 Å². The van der Waals surface area contributed by atoms with Crippen LogP contribution in [0.15, 0.2) is 30.3 Å². The lowest BCUT2D eigenvalue weighted by molar-refractivity contribution is 0.401. The smallest absolute Gasteiger partial charge is 0.0499 e. The molecule has 0 spiro atoms. The van der Waals surface area contributed by atoms with Crippen LogP contribution in [0.25, 0.3) is 11.1 Å². The normalized spacial score (nSPS) is 24.6. The third-order valence-electron chi connectivity index (χ3n) is 6.09. The van der Waals surface area contributed by atoms with Gasteiger partial charge in [-0.25, -0.2) is 0 Å². The van der Waals surface area contributed by atoms with E-state index in [1.165, 1.54) is 54.6 Å². The number of benzene rings is 2. The van der Waals surface area contributed by atoms with Crippen LogP contribution in [0.2, 0.25) is 10.0 Å². The van der Waals surface area contributed by atoms with Crippen molar-refractivity contribution in [1.29, 1.82) is 0 Å². The van der Waals surface area contributed by atoms with Gasteiger partial charge in [0, 0.05) is 46.3 Å². The van der Waals surface area contributed by atoms with E-state index in [0.29, 0.717) is 17.0 Å². The zero-order chi connectivity index (χ0) is 17.0. The topological polar surface area (TPSA) is 15.3 Å². The Kier molecular flexibility index (Phi) is 3.96. The number of hydrogen-bond donors (Lipinski definition) is 1. The maximum Gasteiger partial charge on any atom is 0.0499 e. The fourth-order valence-electron chi connectivity index (χ4n) is 5.00. The summed E-state index contributed by atoms with van der Waals surface area (Å²) in [7, 11) is 0. The Bertz CT molecular complexity index is 833. The molecule has 0 unspecified atom stereocenters. The first-order valence-electron chi connectivity index (χ1n) is 9.32. The van der Waals surface area contributed by atoms with Gasteiger partial charge < -0.3 is 10.2 Å². The third-order valence-corrected chi connectivity index (χ3v) is 6.64. The van der Waals surface area contributed by atoms with Crippen LogP contribution >= 0.6 is 23.2 Å². The van der Waals surface area contributed by atoms with E-state index >= 15 is 0 Å². The largest absolute Gasteiger partial charge is 0.367 e. The highest BCUT2D eigenvalue weighted by Gasteiger charge is 2.41. The maximum atomic E-state index is 6.52. The number of fused-ring (bicyclic) bond motifs is 3. The van der Waals surface area contributed by atoms with Crippen molar-refractivity contribution < 1.29 is 0 Å². The van der Waals surface area contributed by atoms with Gasteiger partial charge in [-0.1, -0.05) is 29.3 Å². The minimum Gasteiger partial charge on any atom is -0.367 e. The zero-order valence-corrected chi connectivity index (χ0v) is 15.7. The van der Waals surface area contributed by atoms with Crippen LogP contribution in [-0.4, -0.2) is 25.7 Å². The fraction of sp³-hybridized carbons (Fsp3) is 0.429. The Hall–Kier alpha value is -1.22. The number of piperidine rings is 1. The summed E-state index contributed by atoms with van der Waals surface area (Å²) in [6.45, 7) is 3.44. The Morgan fingerprint density at radius 2 is 2.00 bits per heavy atom. The quantitative estimate of drug-likeness (QED) is 0.733. The molecule has 5 rings (SSSR count). The van der Waals surface area contributed by atoms with Crippen molar-refractivity contribution >= 4 is 28.9 Å². The molecule has 2 nitrogen and oxygen atoms in total. The fourth-order valence-corrected chi connectivity index (χ4v) is 5.52. The highest BCUT2D eigenvalue weighted by Crippen LogP contribution is 2.49. The van der Waals surface area contributed by atoms with Crippen molar-refractivity contribution in [3.8, 4) is 11.1 Å². The van der Waals surface area contributed by atoms with Crippen molar-refractivity contribution in [1.82, 2.24) is 5.32 Å². The lowest BCUT2D eigenvalue weighted by atomic mass is 9.87. The van der Waals surface area contributed by atoms with E-state index in [1.54, 1.807) is 0 Å². The van der Waals surface area contributed by atoms with Crippen LogP contribution in [0.1, 0.15) is 36.3 Å². The van der Waals surface area contributed by atoms with Crippen LogP contribution < -0.4 is 10.2 Å². The number of anilines is 1. The van der Waals surface area contributed by atoms with Crippen molar-refractivity contribution in [2.45, 2.75) is 37.6 Å². The average Bonchev–Trinajstić information content (AvgIpc) is 2.77. The Labute approximate surface area is 159 Å². The number of aryl methyl sites for hydroxylation is 1. The van der Waals surface area contributed by atoms with E-state index in [9.17, 15) is 0 Å². The standard InChI is InChI=1S/C21H22Cl2N2/c22-15-4-5-16(19(23)11-15)14-9-13-3-1-2-8-25-20-6-7-24-12-18(20)17(10-14)21(13)25/h4-5,9-11,18,20,24H,1-3,6-8,12H2/t18-,20-/m0/s1. The number of hydrogen-bond acceptors (Lipinski definition) is 2. The first-order chi connectivity index (χ1) is 12.2. The molecule has 0 amide bonds. The van der Waals surface area contributed by atoms with Crippen molar-refractivity contribution in [2.24, 2.45) is 0 Å². The van der Waals surface area contributed by atoms with E-state index in [-0.39, 0.29) is 0 Å².